The largest absolute Gasteiger partial charge is 0.380 e. The number of carbonyl (C=O) groups is 1. The van der Waals surface area contributed by atoms with Gasteiger partial charge in [-0.3, -0.25) is 4.79 Å². The Hall–Kier alpha value is -1.78. The maximum atomic E-state index is 13.1. The van der Waals surface area contributed by atoms with E-state index in [9.17, 15) is 4.79 Å². The molecule has 23 heavy (non-hydrogen) atoms. The molecule has 120 valence electrons. The van der Waals surface area contributed by atoms with E-state index >= 15 is 0 Å². The second-order valence-corrected chi connectivity index (χ2v) is 7.26. The topological polar surface area (TPSA) is 29.5 Å². The Bertz CT molecular complexity index is 701. The zero-order valence-corrected chi connectivity index (χ0v) is 14.3. The number of thioether (sulfide) groups is 1. The molecule has 2 aromatic rings. The van der Waals surface area contributed by atoms with Gasteiger partial charge >= 0.3 is 0 Å². The molecule has 0 N–H and O–H groups in total. The number of methoxy groups -OCH3 is 1. The average molecular weight is 327 g/mol. The van der Waals surface area contributed by atoms with E-state index in [1.807, 2.05) is 59.1 Å². The number of benzene rings is 2. The van der Waals surface area contributed by atoms with Crippen LogP contribution < -0.4 is 4.90 Å². The summed E-state index contributed by atoms with van der Waals surface area (Å²) in [5.41, 5.74) is 2.75. The number of rotatable bonds is 3. The lowest BCUT2D eigenvalue weighted by Gasteiger charge is -2.22. The zero-order valence-electron chi connectivity index (χ0n) is 13.5. The third-order valence-corrected chi connectivity index (χ3v) is 5.21. The van der Waals surface area contributed by atoms with Crippen LogP contribution in [0.1, 0.15) is 29.3 Å². The highest BCUT2D eigenvalue weighted by Crippen LogP contribution is 2.37. The Morgan fingerprint density at radius 2 is 2.09 bits per heavy atom. The molecule has 0 saturated carbocycles. The molecule has 1 aliphatic heterocycles. The van der Waals surface area contributed by atoms with E-state index < -0.39 is 0 Å². The Balaban J connectivity index is 1.94. The lowest BCUT2D eigenvalue weighted by Crippen LogP contribution is -2.32. The lowest BCUT2D eigenvalue weighted by atomic mass is 10.1. The van der Waals surface area contributed by atoms with Gasteiger partial charge in [-0.2, -0.15) is 0 Å². The van der Waals surface area contributed by atoms with Crippen molar-refractivity contribution in [2.45, 2.75) is 30.1 Å². The third kappa shape index (κ3) is 3.59. The fourth-order valence-corrected chi connectivity index (χ4v) is 3.93. The van der Waals surface area contributed by atoms with E-state index in [0.717, 1.165) is 24.2 Å². The summed E-state index contributed by atoms with van der Waals surface area (Å²) in [6, 6.07) is 15.9. The number of anilines is 1. The fraction of sp³-hybridized carbons (Fsp3) is 0.316. The van der Waals surface area contributed by atoms with Crippen molar-refractivity contribution >= 4 is 23.4 Å². The van der Waals surface area contributed by atoms with Gasteiger partial charge in [-0.25, -0.2) is 0 Å². The Morgan fingerprint density at radius 3 is 2.91 bits per heavy atom. The maximum absolute atomic E-state index is 13.1. The second kappa shape index (κ2) is 7.20. The van der Waals surface area contributed by atoms with Gasteiger partial charge in [0.2, 0.25) is 0 Å². The molecule has 3 rings (SSSR count). The quantitative estimate of drug-likeness (QED) is 0.838. The highest BCUT2D eigenvalue weighted by atomic mass is 32.2. The van der Waals surface area contributed by atoms with Crippen LogP contribution >= 0.6 is 11.8 Å². The second-order valence-electron chi connectivity index (χ2n) is 5.78. The van der Waals surface area contributed by atoms with E-state index in [4.69, 9.17) is 4.74 Å². The van der Waals surface area contributed by atoms with Crippen LogP contribution in [0.2, 0.25) is 0 Å². The van der Waals surface area contributed by atoms with Crippen LogP contribution in [-0.2, 0) is 11.3 Å². The SMILES string of the molecule is COCc1cccc(C(=O)N2CC[C@@H](C)Sc3ccccc32)c1. The summed E-state index contributed by atoms with van der Waals surface area (Å²) in [4.78, 5) is 16.1. The summed E-state index contributed by atoms with van der Waals surface area (Å²) in [5.74, 6) is 0.0603. The van der Waals surface area contributed by atoms with E-state index in [2.05, 4.69) is 13.0 Å². The summed E-state index contributed by atoms with van der Waals surface area (Å²) < 4.78 is 5.17. The van der Waals surface area contributed by atoms with Crippen LogP contribution in [0.3, 0.4) is 0 Å². The lowest BCUT2D eigenvalue weighted by molar-refractivity contribution is 0.0986. The number of hydrogen-bond donors (Lipinski definition) is 0. The van der Waals surface area contributed by atoms with E-state index in [0.29, 0.717) is 17.4 Å². The molecule has 0 spiro atoms. The van der Waals surface area contributed by atoms with Crippen molar-refractivity contribution in [2.75, 3.05) is 18.6 Å². The van der Waals surface area contributed by atoms with Gasteiger partial charge in [0.1, 0.15) is 0 Å². The number of ether oxygens (including phenoxy) is 1. The predicted octanol–water partition coefficient (Wildman–Crippen LogP) is 4.36. The van der Waals surface area contributed by atoms with Gasteiger partial charge in [0.05, 0.1) is 12.3 Å². The Morgan fingerprint density at radius 1 is 1.26 bits per heavy atom. The normalized spacial score (nSPS) is 17.5. The van der Waals surface area contributed by atoms with Crippen molar-refractivity contribution in [3.63, 3.8) is 0 Å². The molecule has 4 heteroatoms. The maximum Gasteiger partial charge on any atom is 0.258 e. The molecule has 0 fully saturated rings. The van der Waals surface area contributed by atoms with Crippen LogP contribution in [0, 0.1) is 0 Å². The van der Waals surface area contributed by atoms with Gasteiger partial charge in [-0.15, -0.1) is 11.8 Å². The van der Waals surface area contributed by atoms with Gasteiger partial charge in [-0.05, 0) is 36.2 Å². The minimum atomic E-state index is 0.0603. The number of nitrogens with zero attached hydrogens (tertiary/aromatic N) is 1. The predicted molar refractivity (Wildman–Crippen MR) is 95.2 cm³/mol. The van der Waals surface area contributed by atoms with Gasteiger partial charge in [0.15, 0.2) is 0 Å². The molecule has 1 atom stereocenters. The summed E-state index contributed by atoms with van der Waals surface area (Å²) >= 11 is 1.85. The van der Waals surface area contributed by atoms with E-state index in [1.165, 1.54) is 4.90 Å². The van der Waals surface area contributed by atoms with Crippen molar-refractivity contribution in [1.82, 2.24) is 0 Å². The molecule has 1 aliphatic rings. The minimum Gasteiger partial charge on any atom is -0.380 e. The Kier molecular flexibility index (Phi) is 5.03. The molecular weight excluding hydrogens is 306 g/mol. The number of para-hydroxylation sites is 1. The molecule has 0 bridgehead atoms. The van der Waals surface area contributed by atoms with E-state index in [1.54, 1.807) is 7.11 Å². The fourth-order valence-electron chi connectivity index (χ4n) is 2.81. The third-order valence-electron chi connectivity index (χ3n) is 3.97. The van der Waals surface area contributed by atoms with Crippen molar-refractivity contribution < 1.29 is 9.53 Å². The number of carbonyl (C=O) groups excluding carboxylic acids is 1. The molecule has 0 aromatic heterocycles. The van der Waals surface area contributed by atoms with Gasteiger partial charge in [0.25, 0.3) is 5.91 Å². The first-order valence-corrected chi connectivity index (χ1v) is 8.72. The number of amides is 1. The van der Waals surface area contributed by atoms with Crippen molar-refractivity contribution in [2.24, 2.45) is 0 Å². The van der Waals surface area contributed by atoms with Gasteiger partial charge < -0.3 is 9.64 Å². The zero-order chi connectivity index (χ0) is 16.2. The first-order valence-electron chi connectivity index (χ1n) is 7.84. The first-order chi connectivity index (χ1) is 11.2. The summed E-state index contributed by atoms with van der Waals surface area (Å²) in [7, 11) is 1.66. The van der Waals surface area contributed by atoms with Crippen LogP contribution in [0.4, 0.5) is 5.69 Å². The summed E-state index contributed by atoms with van der Waals surface area (Å²) in [5, 5.41) is 0.508. The molecule has 0 aliphatic carbocycles. The first kappa shape index (κ1) is 16.1. The van der Waals surface area contributed by atoms with Gasteiger partial charge in [0, 0.05) is 29.4 Å². The average Bonchev–Trinajstić information content (AvgIpc) is 2.73. The monoisotopic (exact) mass is 327 g/mol. The molecule has 0 unspecified atom stereocenters. The van der Waals surface area contributed by atoms with Crippen LogP contribution in [0.15, 0.2) is 53.4 Å². The molecular formula is C19H21NO2S. The summed E-state index contributed by atoms with van der Waals surface area (Å²) in [6.45, 7) is 3.48. The van der Waals surface area contributed by atoms with Crippen molar-refractivity contribution in [1.29, 1.82) is 0 Å². The molecule has 0 radical (unpaired) electrons. The highest BCUT2D eigenvalue weighted by Gasteiger charge is 2.24. The molecule has 2 aromatic carbocycles. The van der Waals surface area contributed by atoms with Crippen LogP contribution in [0.5, 0.6) is 0 Å². The smallest absolute Gasteiger partial charge is 0.258 e. The molecule has 1 heterocycles. The molecule has 3 nitrogen and oxygen atoms in total. The molecule has 0 saturated heterocycles. The van der Waals surface area contributed by atoms with Crippen LogP contribution in [-0.4, -0.2) is 24.8 Å². The van der Waals surface area contributed by atoms with Gasteiger partial charge in [-0.1, -0.05) is 31.2 Å². The standard InChI is InChI=1S/C19H21NO2S/c1-14-10-11-20(17-8-3-4-9-18(17)23-14)19(21)16-7-5-6-15(12-16)13-22-2/h3-9,12,14H,10-11,13H2,1-2H3/t14-/m1/s1. The number of fused-ring (bicyclic) bond motifs is 1. The van der Waals surface area contributed by atoms with E-state index in [-0.39, 0.29) is 5.91 Å². The number of hydrogen-bond acceptors (Lipinski definition) is 3. The highest BCUT2D eigenvalue weighted by molar-refractivity contribution is 8.00. The summed E-state index contributed by atoms with van der Waals surface area (Å²) in [6.07, 6.45) is 0.989. The Labute approximate surface area is 141 Å². The minimum absolute atomic E-state index is 0.0603. The van der Waals surface area contributed by atoms with Crippen LogP contribution in [0.25, 0.3) is 0 Å². The molecule has 1 amide bonds. The van der Waals surface area contributed by atoms with Crippen molar-refractivity contribution in [3.05, 3.63) is 59.7 Å². The van der Waals surface area contributed by atoms with Crippen molar-refractivity contribution in [3.8, 4) is 0 Å².